The van der Waals surface area contributed by atoms with Gasteiger partial charge in [-0.3, -0.25) is 0 Å². The smallest absolute Gasteiger partial charge is 0.142 e. The average Bonchev–Trinajstić information content (AvgIpc) is 2.31. The Morgan fingerprint density at radius 1 is 1.50 bits per heavy atom. The highest BCUT2D eigenvalue weighted by Crippen LogP contribution is 2.33. The number of benzene rings is 1. The zero-order chi connectivity index (χ0) is 10.1. The van der Waals surface area contributed by atoms with Crippen LogP contribution in [-0.4, -0.2) is 10.9 Å². The fraction of sp³-hybridized carbons (Fsp3) is 0.400. The highest BCUT2D eigenvalue weighted by molar-refractivity contribution is 7.98. The van der Waals surface area contributed by atoms with Crippen molar-refractivity contribution in [1.29, 1.82) is 0 Å². The van der Waals surface area contributed by atoms with E-state index in [4.69, 9.17) is 11.6 Å². The highest BCUT2D eigenvalue weighted by atomic mass is 35.5. The SMILES string of the molecule is OC1CCSCc2cc(F)c(Cl)cc21. The minimum atomic E-state index is -0.502. The van der Waals surface area contributed by atoms with E-state index in [1.165, 1.54) is 6.07 Å². The summed E-state index contributed by atoms with van der Waals surface area (Å²) in [5.74, 6) is 1.25. The molecule has 0 saturated carbocycles. The minimum absolute atomic E-state index is 0.0923. The number of aliphatic hydroxyl groups excluding tert-OH is 1. The molecule has 1 aliphatic rings. The molecule has 0 saturated heterocycles. The lowest BCUT2D eigenvalue weighted by Gasteiger charge is -2.11. The van der Waals surface area contributed by atoms with E-state index in [0.717, 1.165) is 22.6 Å². The van der Waals surface area contributed by atoms with E-state index < -0.39 is 11.9 Å². The second-order valence-corrected chi connectivity index (χ2v) is 4.83. The first-order valence-corrected chi connectivity index (χ1v) is 5.95. The van der Waals surface area contributed by atoms with Crippen LogP contribution in [0.25, 0.3) is 0 Å². The third-order valence-electron chi connectivity index (χ3n) is 2.33. The largest absolute Gasteiger partial charge is 0.388 e. The Kier molecular flexibility index (Phi) is 3.00. The molecule has 1 unspecified atom stereocenters. The zero-order valence-electron chi connectivity index (χ0n) is 7.46. The van der Waals surface area contributed by atoms with Gasteiger partial charge in [-0.15, -0.1) is 0 Å². The molecule has 1 aliphatic heterocycles. The van der Waals surface area contributed by atoms with Crippen molar-refractivity contribution < 1.29 is 9.50 Å². The van der Waals surface area contributed by atoms with Gasteiger partial charge in [-0.2, -0.15) is 11.8 Å². The van der Waals surface area contributed by atoms with Gasteiger partial charge in [0.15, 0.2) is 0 Å². The minimum Gasteiger partial charge on any atom is -0.388 e. The first-order chi connectivity index (χ1) is 6.68. The fourth-order valence-electron chi connectivity index (χ4n) is 1.57. The predicted octanol–water partition coefficient (Wildman–Crippen LogP) is 3.15. The first kappa shape index (κ1) is 10.3. The molecule has 4 heteroatoms. The van der Waals surface area contributed by atoms with Crippen molar-refractivity contribution in [3.05, 3.63) is 34.1 Å². The molecule has 0 radical (unpaired) electrons. The molecule has 1 nitrogen and oxygen atoms in total. The molecule has 1 heterocycles. The van der Waals surface area contributed by atoms with E-state index in [-0.39, 0.29) is 5.02 Å². The molecular formula is C10H10ClFOS. The monoisotopic (exact) mass is 232 g/mol. The third kappa shape index (κ3) is 1.90. The lowest BCUT2D eigenvalue weighted by Crippen LogP contribution is -2.00. The van der Waals surface area contributed by atoms with Crippen molar-refractivity contribution in [2.24, 2.45) is 0 Å². The van der Waals surface area contributed by atoms with Gasteiger partial charge in [0.25, 0.3) is 0 Å². The van der Waals surface area contributed by atoms with Crippen LogP contribution in [0, 0.1) is 5.82 Å². The molecule has 1 N–H and O–H groups in total. The van der Waals surface area contributed by atoms with E-state index in [1.807, 2.05) is 0 Å². The van der Waals surface area contributed by atoms with Crippen molar-refractivity contribution in [2.45, 2.75) is 18.3 Å². The molecule has 1 aromatic rings. The molecule has 0 aliphatic carbocycles. The third-order valence-corrected chi connectivity index (χ3v) is 3.66. The maximum Gasteiger partial charge on any atom is 0.142 e. The maximum atomic E-state index is 13.1. The Morgan fingerprint density at radius 2 is 2.29 bits per heavy atom. The Hall–Kier alpha value is -0.250. The van der Waals surface area contributed by atoms with E-state index in [0.29, 0.717) is 6.42 Å². The van der Waals surface area contributed by atoms with Crippen LogP contribution in [0.4, 0.5) is 4.39 Å². The van der Waals surface area contributed by atoms with Crippen molar-refractivity contribution in [3.63, 3.8) is 0 Å². The van der Waals surface area contributed by atoms with Gasteiger partial charge in [0.2, 0.25) is 0 Å². The van der Waals surface area contributed by atoms with Crippen LogP contribution in [0.3, 0.4) is 0 Å². The molecule has 0 fully saturated rings. The van der Waals surface area contributed by atoms with Gasteiger partial charge in [-0.05, 0) is 35.4 Å². The summed E-state index contributed by atoms with van der Waals surface area (Å²) < 4.78 is 13.1. The standard InChI is InChI=1S/C10H10ClFOS/c11-8-4-7-6(3-9(8)12)5-14-2-1-10(7)13/h3-4,10,13H,1-2,5H2. The van der Waals surface area contributed by atoms with Gasteiger partial charge < -0.3 is 5.11 Å². The molecule has 0 spiro atoms. The van der Waals surface area contributed by atoms with Gasteiger partial charge in [-0.1, -0.05) is 11.6 Å². The average molecular weight is 233 g/mol. The van der Waals surface area contributed by atoms with Crippen molar-refractivity contribution in [2.75, 3.05) is 5.75 Å². The highest BCUT2D eigenvalue weighted by Gasteiger charge is 2.18. The fourth-order valence-corrected chi connectivity index (χ4v) is 2.75. The molecule has 0 bridgehead atoms. The number of rotatable bonds is 0. The van der Waals surface area contributed by atoms with E-state index in [2.05, 4.69) is 0 Å². The summed E-state index contributed by atoms with van der Waals surface area (Å²) in [7, 11) is 0. The van der Waals surface area contributed by atoms with Crippen LogP contribution in [-0.2, 0) is 5.75 Å². The number of aliphatic hydroxyl groups is 1. The Labute approximate surface area is 91.3 Å². The quantitative estimate of drug-likeness (QED) is 0.742. The molecule has 76 valence electrons. The van der Waals surface area contributed by atoms with Crippen LogP contribution >= 0.6 is 23.4 Å². The molecule has 14 heavy (non-hydrogen) atoms. The van der Waals surface area contributed by atoms with E-state index in [9.17, 15) is 9.50 Å². The van der Waals surface area contributed by atoms with E-state index in [1.54, 1.807) is 17.8 Å². The predicted molar refractivity (Wildman–Crippen MR) is 57.1 cm³/mol. The zero-order valence-corrected chi connectivity index (χ0v) is 9.04. The second-order valence-electron chi connectivity index (χ2n) is 3.32. The van der Waals surface area contributed by atoms with Crippen molar-refractivity contribution in [3.8, 4) is 0 Å². The summed E-state index contributed by atoms with van der Waals surface area (Å²) in [6, 6.07) is 2.97. The van der Waals surface area contributed by atoms with Crippen LogP contribution < -0.4 is 0 Å². The Morgan fingerprint density at radius 3 is 3.07 bits per heavy atom. The van der Waals surface area contributed by atoms with Gasteiger partial charge >= 0.3 is 0 Å². The number of thioether (sulfide) groups is 1. The normalized spacial score (nSPS) is 21.5. The van der Waals surface area contributed by atoms with Gasteiger partial charge in [0.05, 0.1) is 11.1 Å². The molecule has 0 aromatic heterocycles. The number of fused-ring (bicyclic) bond motifs is 1. The molecule has 2 rings (SSSR count). The summed E-state index contributed by atoms with van der Waals surface area (Å²) in [5, 5.41) is 9.85. The number of hydrogen-bond acceptors (Lipinski definition) is 2. The van der Waals surface area contributed by atoms with Crippen molar-refractivity contribution in [1.82, 2.24) is 0 Å². The maximum absolute atomic E-state index is 13.1. The van der Waals surface area contributed by atoms with Crippen LogP contribution in [0.2, 0.25) is 5.02 Å². The van der Waals surface area contributed by atoms with E-state index >= 15 is 0 Å². The summed E-state index contributed by atoms with van der Waals surface area (Å²) in [6.07, 6.45) is 0.206. The van der Waals surface area contributed by atoms with Gasteiger partial charge in [0.1, 0.15) is 5.82 Å². The lowest BCUT2D eigenvalue weighted by atomic mass is 10.0. The summed E-state index contributed by atoms with van der Waals surface area (Å²) in [6.45, 7) is 0. The second kappa shape index (κ2) is 4.09. The van der Waals surface area contributed by atoms with Crippen LogP contribution in [0.1, 0.15) is 23.7 Å². The van der Waals surface area contributed by atoms with Gasteiger partial charge in [-0.25, -0.2) is 4.39 Å². The van der Waals surface area contributed by atoms with Gasteiger partial charge in [0, 0.05) is 5.75 Å². The number of halogens is 2. The van der Waals surface area contributed by atoms with Crippen molar-refractivity contribution >= 4 is 23.4 Å². The molecule has 1 aromatic carbocycles. The topological polar surface area (TPSA) is 20.2 Å². The summed E-state index contributed by atoms with van der Waals surface area (Å²) in [4.78, 5) is 0. The number of hydrogen-bond donors (Lipinski definition) is 1. The Bertz CT molecular complexity index is 356. The summed E-state index contributed by atoms with van der Waals surface area (Å²) >= 11 is 7.38. The lowest BCUT2D eigenvalue weighted by molar-refractivity contribution is 0.175. The van der Waals surface area contributed by atoms with Crippen LogP contribution in [0.5, 0.6) is 0 Å². The molecule has 1 atom stereocenters. The molecular weight excluding hydrogens is 223 g/mol. The molecule has 0 amide bonds. The first-order valence-electron chi connectivity index (χ1n) is 4.42. The van der Waals surface area contributed by atoms with Crippen LogP contribution in [0.15, 0.2) is 12.1 Å². The Balaban J connectivity index is 2.49. The summed E-state index contributed by atoms with van der Waals surface area (Å²) in [5.41, 5.74) is 1.64.